The Morgan fingerprint density at radius 2 is 1.69 bits per heavy atom. The number of nitrogens with two attached hydrogens (primary N) is 1. The quantitative estimate of drug-likeness (QED) is 0.365. The smallest absolute Gasteiger partial charge is 0.231 e. The van der Waals surface area contributed by atoms with E-state index in [0.717, 1.165) is 36.3 Å². The molecule has 7 nitrogen and oxygen atoms in total. The molecular weight excluding hydrogens is 508 g/mol. The Morgan fingerprint density at radius 3 is 2.36 bits per heavy atom. The molecule has 0 spiro atoms. The van der Waals surface area contributed by atoms with Gasteiger partial charge in [0, 0.05) is 31.0 Å². The van der Waals surface area contributed by atoms with Gasteiger partial charge in [0.05, 0.1) is 12.3 Å². The van der Waals surface area contributed by atoms with Crippen LogP contribution in [0.4, 0.5) is 5.69 Å². The first-order valence-electron chi connectivity index (χ1n) is 13.3. The third kappa shape index (κ3) is 6.82. The zero-order valence-electron chi connectivity index (χ0n) is 22.1. The van der Waals surface area contributed by atoms with Crippen molar-refractivity contribution in [3.8, 4) is 0 Å². The lowest BCUT2D eigenvalue weighted by atomic mass is 10.1. The van der Waals surface area contributed by atoms with Crippen LogP contribution in [0.2, 0.25) is 0 Å². The van der Waals surface area contributed by atoms with Crippen molar-refractivity contribution in [2.45, 2.75) is 43.9 Å². The maximum absolute atomic E-state index is 13.5. The van der Waals surface area contributed by atoms with E-state index in [2.05, 4.69) is 47.4 Å². The lowest BCUT2D eigenvalue weighted by molar-refractivity contribution is -0.120. The molecule has 3 aromatic carbocycles. The number of amides is 1. The van der Waals surface area contributed by atoms with E-state index >= 15 is 0 Å². The zero-order chi connectivity index (χ0) is 27.4. The molecule has 1 fully saturated rings. The predicted molar refractivity (Wildman–Crippen MR) is 153 cm³/mol. The molecule has 39 heavy (non-hydrogen) atoms. The number of fused-ring (bicyclic) bond motifs is 1. The Bertz CT molecular complexity index is 1530. The maximum atomic E-state index is 13.5. The van der Waals surface area contributed by atoms with Crippen molar-refractivity contribution in [1.29, 1.82) is 0 Å². The molecular formula is C31H34N4O3S. The number of primary sulfonamides is 1. The number of rotatable bonds is 7. The highest BCUT2D eigenvalue weighted by atomic mass is 32.2. The summed E-state index contributed by atoms with van der Waals surface area (Å²) < 4.78 is 23.2. The number of hydrogen-bond acceptors (Lipinski definition) is 4. The minimum Gasteiger partial charge on any atom is -0.337 e. The summed E-state index contributed by atoms with van der Waals surface area (Å²) in [6.07, 6.45) is 8.15. The molecule has 8 heteroatoms. The van der Waals surface area contributed by atoms with Crippen LogP contribution < -0.4 is 10.0 Å². The molecule has 1 heterocycles. The lowest BCUT2D eigenvalue weighted by Crippen LogP contribution is -2.33. The number of carbonyl (C=O) groups is 1. The van der Waals surface area contributed by atoms with Gasteiger partial charge < -0.3 is 9.47 Å². The van der Waals surface area contributed by atoms with Crippen LogP contribution in [-0.2, 0) is 47.0 Å². The zero-order valence-corrected chi connectivity index (χ0v) is 22.9. The number of imidazole rings is 1. The number of benzene rings is 3. The first kappa shape index (κ1) is 26.8. The standard InChI is InChI=1S/C24H25N3O.C7H9NO2S/c1-26-13-12-25-23(26)16-27(20-11-10-17-8-5-9-19(17)14-20)24(28)22-15-21(22)18-6-3-2-4-7-18;8-11(9,10)6-7-4-2-1-3-5-7/h2-4,6-7,10-14,21-22H,5,8-9,15-16H2,1H3;1-5H,6H2,(H2,8,9,10). The summed E-state index contributed by atoms with van der Waals surface area (Å²) in [6.45, 7) is 0.513. The van der Waals surface area contributed by atoms with Crippen LogP contribution in [0.5, 0.6) is 0 Å². The van der Waals surface area contributed by atoms with Crippen molar-refractivity contribution < 1.29 is 13.2 Å². The second-order valence-corrected chi connectivity index (χ2v) is 12.0. The summed E-state index contributed by atoms with van der Waals surface area (Å²) in [5.74, 6) is 1.44. The molecule has 4 aromatic rings. The van der Waals surface area contributed by atoms with Gasteiger partial charge in [-0.2, -0.15) is 0 Å². The monoisotopic (exact) mass is 542 g/mol. The van der Waals surface area contributed by atoms with Gasteiger partial charge in [0.1, 0.15) is 5.82 Å². The van der Waals surface area contributed by atoms with Crippen LogP contribution in [0.3, 0.4) is 0 Å². The molecule has 202 valence electrons. The molecule has 2 aliphatic carbocycles. The number of nitrogens with zero attached hydrogens (tertiary/aromatic N) is 3. The Hall–Kier alpha value is -3.75. The number of hydrogen-bond donors (Lipinski definition) is 1. The first-order chi connectivity index (χ1) is 18.8. The van der Waals surface area contributed by atoms with E-state index in [4.69, 9.17) is 5.14 Å². The molecule has 1 amide bonds. The van der Waals surface area contributed by atoms with Crippen LogP contribution in [-0.4, -0.2) is 23.9 Å². The fourth-order valence-corrected chi connectivity index (χ4v) is 5.91. The summed E-state index contributed by atoms with van der Waals surface area (Å²) >= 11 is 0. The summed E-state index contributed by atoms with van der Waals surface area (Å²) in [4.78, 5) is 19.9. The number of aryl methyl sites for hydroxylation is 3. The topological polar surface area (TPSA) is 98.3 Å². The summed E-state index contributed by atoms with van der Waals surface area (Å²) in [5.41, 5.74) is 5.82. The van der Waals surface area contributed by atoms with Crippen molar-refractivity contribution >= 4 is 21.6 Å². The van der Waals surface area contributed by atoms with Crippen LogP contribution in [0.25, 0.3) is 0 Å². The average molecular weight is 543 g/mol. The fraction of sp³-hybridized carbons (Fsp3) is 0.290. The van der Waals surface area contributed by atoms with Crippen LogP contribution >= 0.6 is 0 Å². The highest BCUT2D eigenvalue weighted by Gasteiger charge is 2.46. The maximum Gasteiger partial charge on any atom is 0.231 e. The van der Waals surface area contributed by atoms with Gasteiger partial charge in [-0.15, -0.1) is 0 Å². The second kappa shape index (κ2) is 11.6. The molecule has 2 atom stereocenters. The molecule has 1 aromatic heterocycles. The highest BCUT2D eigenvalue weighted by Crippen LogP contribution is 2.49. The van der Waals surface area contributed by atoms with E-state index in [0.29, 0.717) is 12.5 Å². The lowest BCUT2D eigenvalue weighted by Gasteiger charge is -2.24. The van der Waals surface area contributed by atoms with E-state index in [1.54, 1.807) is 30.5 Å². The number of anilines is 1. The van der Waals surface area contributed by atoms with Crippen molar-refractivity contribution in [2.75, 3.05) is 4.90 Å². The SMILES string of the molecule is Cn1ccnc1CN(C(=O)C1CC1c1ccccc1)c1ccc2c(c1)CCC2.NS(=O)(=O)Cc1ccccc1. The molecule has 0 radical (unpaired) electrons. The first-order valence-corrected chi connectivity index (χ1v) is 15.0. The van der Waals surface area contributed by atoms with Crippen molar-refractivity contribution in [3.05, 3.63) is 119 Å². The summed E-state index contributed by atoms with van der Waals surface area (Å²) in [6, 6.07) is 25.8. The number of aromatic nitrogens is 2. The fourth-order valence-electron chi connectivity index (χ4n) is 5.26. The molecule has 6 rings (SSSR count). The molecule has 2 N–H and O–H groups in total. The highest BCUT2D eigenvalue weighted by molar-refractivity contribution is 7.88. The molecule has 1 saturated carbocycles. The van der Waals surface area contributed by atoms with Gasteiger partial charge in [0.25, 0.3) is 0 Å². The van der Waals surface area contributed by atoms with Crippen LogP contribution in [0.15, 0.2) is 91.3 Å². The Labute approximate surface area is 230 Å². The summed E-state index contributed by atoms with van der Waals surface area (Å²) in [7, 11) is -1.39. The Kier molecular flexibility index (Phi) is 7.95. The molecule has 2 unspecified atom stereocenters. The van der Waals surface area contributed by atoms with Gasteiger partial charge in [-0.25, -0.2) is 18.5 Å². The van der Waals surface area contributed by atoms with Gasteiger partial charge in [-0.1, -0.05) is 66.7 Å². The Balaban J connectivity index is 0.000000237. The minimum absolute atomic E-state index is 0.0657. The Morgan fingerprint density at radius 1 is 1.00 bits per heavy atom. The van der Waals surface area contributed by atoms with E-state index in [1.165, 1.54) is 23.1 Å². The minimum atomic E-state index is -3.38. The second-order valence-electron chi connectivity index (χ2n) is 10.3. The van der Waals surface area contributed by atoms with Gasteiger partial charge in [-0.05, 0) is 66.0 Å². The van der Waals surface area contributed by atoms with E-state index in [-0.39, 0.29) is 17.6 Å². The average Bonchev–Trinajstić information content (AvgIpc) is 3.41. The third-order valence-corrected chi connectivity index (χ3v) is 8.16. The largest absolute Gasteiger partial charge is 0.337 e. The summed E-state index contributed by atoms with van der Waals surface area (Å²) in [5, 5.41) is 4.84. The van der Waals surface area contributed by atoms with Crippen LogP contribution in [0, 0.1) is 5.92 Å². The molecule has 0 bridgehead atoms. The van der Waals surface area contributed by atoms with Crippen molar-refractivity contribution in [3.63, 3.8) is 0 Å². The van der Waals surface area contributed by atoms with Crippen LogP contribution in [0.1, 0.15) is 46.8 Å². The predicted octanol–water partition coefficient (Wildman–Crippen LogP) is 4.72. The van der Waals surface area contributed by atoms with Crippen molar-refractivity contribution in [1.82, 2.24) is 9.55 Å². The molecule has 2 aliphatic rings. The van der Waals surface area contributed by atoms with Gasteiger partial charge >= 0.3 is 0 Å². The molecule has 0 aliphatic heterocycles. The van der Waals surface area contributed by atoms with Gasteiger partial charge in [-0.3, -0.25) is 4.79 Å². The number of sulfonamides is 1. The van der Waals surface area contributed by atoms with E-state index in [9.17, 15) is 13.2 Å². The number of carbonyl (C=O) groups excluding carboxylic acids is 1. The normalized spacial score (nSPS) is 17.6. The molecule has 0 saturated heterocycles. The van der Waals surface area contributed by atoms with E-state index < -0.39 is 10.0 Å². The van der Waals surface area contributed by atoms with E-state index in [1.807, 2.05) is 34.8 Å². The van der Waals surface area contributed by atoms with Gasteiger partial charge in [0.15, 0.2) is 0 Å². The van der Waals surface area contributed by atoms with Gasteiger partial charge in [0.2, 0.25) is 15.9 Å². The van der Waals surface area contributed by atoms with Crippen molar-refractivity contribution in [2.24, 2.45) is 18.1 Å². The third-order valence-electron chi connectivity index (χ3n) is 7.43.